The first-order valence-corrected chi connectivity index (χ1v) is 6.50. The van der Waals surface area contributed by atoms with Gasteiger partial charge in [-0.1, -0.05) is 12.1 Å². The van der Waals surface area contributed by atoms with Crippen LogP contribution in [0, 0.1) is 0 Å². The third kappa shape index (κ3) is 3.21. The first-order valence-electron chi connectivity index (χ1n) is 6.50. The number of rotatable bonds is 5. The van der Waals surface area contributed by atoms with E-state index in [9.17, 15) is 9.59 Å². The minimum Gasteiger partial charge on any atom is -0.350 e. The van der Waals surface area contributed by atoms with Gasteiger partial charge in [0.25, 0.3) is 5.91 Å². The molecule has 6 nitrogen and oxygen atoms in total. The average Bonchev–Trinajstić information content (AvgIpc) is 2.44. The van der Waals surface area contributed by atoms with Crippen molar-refractivity contribution in [3.8, 4) is 0 Å². The van der Waals surface area contributed by atoms with Crippen molar-refractivity contribution in [2.75, 3.05) is 27.2 Å². The van der Waals surface area contributed by atoms with Gasteiger partial charge in [-0.2, -0.15) is 5.10 Å². The van der Waals surface area contributed by atoms with Crippen molar-refractivity contribution < 1.29 is 4.79 Å². The number of H-pyrrole nitrogens is 1. The zero-order valence-electron chi connectivity index (χ0n) is 11.6. The maximum absolute atomic E-state index is 12.2. The first kappa shape index (κ1) is 14.2. The van der Waals surface area contributed by atoms with Crippen LogP contribution in [0.25, 0.3) is 10.9 Å². The van der Waals surface area contributed by atoms with Gasteiger partial charge in [0, 0.05) is 11.9 Å². The third-order valence-electron chi connectivity index (χ3n) is 2.96. The third-order valence-corrected chi connectivity index (χ3v) is 2.96. The number of benzene rings is 1. The number of aromatic amines is 1. The van der Waals surface area contributed by atoms with E-state index in [1.165, 1.54) is 0 Å². The highest BCUT2D eigenvalue weighted by Gasteiger charge is 2.14. The second-order valence-corrected chi connectivity index (χ2v) is 4.86. The minimum absolute atomic E-state index is 0.0893. The summed E-state index contributed by atoms with van der Waals surface area (Å²) in [4.78, 5) is 26.1. The van der Waals surface area contributed by atoms with Crippen molar-refractivity contribution in [1.29, 1.82) is 0 Å². The van der Waals surface area contributed by atoms with Crippen LogP contribution in [0.3, 0.4) is 0 Å². The lowest BCUT2D eigenvalue weighted by Crippen LogP contribution is -2.32. The highest BCUT2D eigenvalue weighted by Crippen LogP contribution is 2.04. The lowest BCUT2D eigenvalue weighted by Gasteiger charge is -2.09. The fourth-order valence-corrected chi connectivity index (χ4v) is 1.91. The van der Waals surface area contributed by atoms with Gasteiger partial charge in [-0.05, 0) is 39.2 Å². The van der Waals surface area contributed by atoms with Crippen molar-refractivity contribution in [1.82, 2.24) is 20.4 Å². The maximum Gasteiger partial charge on any atom is 0.275 e. The fraction of sp³-hybridized carbons (Fsp3) is 0.357. The largest absolute Gasteiger partial charge is 0.350 e. The molecule has 0 saturated carbocycles. The molecule has 106 valence electrons. The predicted molar refractivity (Wildman–Crippen MR) is 77.9 cm³/mol. The van der Waals surface area contributed by atoms with Gasteiger partial charge in [0.15, 0.2) is 5.69 Å². The highest BCUT2D eigenvalue weighted by molar-refractivity contribution is 5.95. The smallest absolute Gasteiger partial charge is 0.275 e. The fourth-order valence-electron chi connectivity index (χ4n) is 1.91. The van der Waals surface area contributed by atoms with Gasteiger partial charge in [0.2, 0.25) is 5.43 Å². The summed E-state index contributed by atoms with van der Waals surface area (Å²) in [5.74, 6) is -0.434. The van der Waals surface area contributed by atoms with Crippen molar-refractivity contribution in [2.45, 2.75) is 6.42 Å². The molecule has 0 unspecified atom stereocenters. The van der Waals surface area contributed by atoms with E-state index in [4.69, 9.17) is 0 Å². The van der Waals surface area contributed by atoms with Crippen LogP contribution in [0.15, 0.2) is 29.1 Å². The van der Waals surface area contributed by atoms with Crippen LogP contribution in [0.4, 0.5) is 0 Å². The zero-order valence-corrected chi connectivity index (χ0v) is 11.6. The van der Waals surface area contributed by atoms with E-state index in [0.29, 0.717) is 17.4 Å². The molecule has 2 aromatic rings. The number of para-hydroxylation sites is 1. The number of carbonyl (C=O) groups is 1. The summed E-state index contributed by atoms with van der Waals surface area (Å²) in [6, 6.07) is 7.00. The van der Waals surface area contributed by atoms with Gasteiger partial charge in [0.1, 0.15) is 0 Å². The van der Waals surface area contributed by atoms with Gasteiger partial charge in [-0.15, -0.1) is 0 Å². The van der Waals surface area contributed by atoms with Crippen LogP contribution in [0.5, 0.6) is 0 Å². The Bertz CT molecular complexity index is 664. The number of aromatic nitrogens is 2. The molecular formula is C14H18N4O2. The molecule has 2 N–H and O–H groups in total. The topological polar surface area (TPSA) is 78.1 Å². The molecule has 0 aliphatic rings. The lowest BCUT2D eigenvalue weighted by molar-refractivity contribution is 0.0945. The number of nitrogens with one attached hydrogen (secondary N) is 2. The maximum atomic E-state index is 12.2. The van der Waals surface area contributed by atoms with E-state index in [2.05, 4.69) is 15.5 Å². The Morgan fingerprint density at radius 3 is 2.85 bits per heavy atom. The molecule has 0 radical (unpaired) electrons. The summed E-state index contributed by atoms with van der Waals surface area (Å²) in [5, 5.41) is 9.78. The molecule has 0 fully saturated rings. The molecule has 1 aromatic carbocycles. The monoisotopic (exact) mass is 274 g/mol. The van der Waals surface area contributed by atoms with Crippen LogP contribution in [-0.4, -0.2) is 48.2 Å². The molecule has 0 bridgehead atoms. The molecule has 6 heteroatoms. The molecule has 1 amide bonds. The second-order valence-electron chi connectivity index (χ2n) is 4.86. The Hall–Kier alpha value is -2.21. The Kier molecular flexibility index (Phi) is 4.47. The van der Waals surface area contributed by atoms with Gasteiger partial charge in [-0.25, -0.2) is 0 Å². The van der Waals surface area contributed by atoms with Crippen LogP contribution in [-0.2, 0) is 0 Å². The summed E-state index contributed by atoms with van der Waals surface area (Å²) in [5.41, 5.74) is 0.194. The second kappa shape index (κ2) is 6.29. The summed E-state index contributed by atoms with van der Waals surface area (Å²) in [6.07, 6.45) is 0.824. The Balaban J connectivity index is 2.11. The standard InChI is InChI=1S/C14H18N4O2/c1-18(2)9-5-8-15-14(20)12-13(19)10-6-3-4-7-11(10)16-17-12/h3-4,6-7H,5,8-9H2,1-2H3,(H,15,20)(H,16,19). The highest BCUT2D eigenvalue weighted by atomic mass is 16.2. The normalized spacial score (nSPS) is 10.9. The van der Waals surface area contributed by atoms with Crippen LogP contribution in [0.2, 0.25) is 0 Å². The van der Waals surface area contributed by atoms with E-state index in [-0.39, 0.29) is 11.1 Å². The molecule has 0 saturated heterocycles. The minimum atomic E-state index is -0.434. The van der Waals surface area contributed by atoms with E-state index in [1.54, 1.807) is 24.3 Å². The number of fused-ring (bicyclic) bond motifs is 1. The van der Waals surface area contributed by atoms with Crippen molar-refractivity contribution >= 4 is 16.8 Å². The van der Waals surface area contributed by atoms with Gasteiger partial charge < -0.3 is 10.2 Å². The molecule has 1 aromatic heterocycles. The quantitative estimate of drug-likeness (QED) is 0.783. The van der Waals surface area contributed by atoms with Gasteiger partial charge in [0.05, 0.1) is 5.52 Å². The average molecular weight is 274 g/mol. The summed E-state index contributed by atoms with van der Waals surface area (Å²) < 4.78 is 0. The molecule has 2 rings (SSSR count). The SMILES string of the molecule is CN(C)CCCNC(=O)c1n[nH]c2ccccc2c1=O. The predicted octanol–water partition coefficient (Wildman–Crippen LogP) is 0.605. The first-order chi connectivity index (χ1) is 9.59. The number of nitrogens with zero attached hydrogens (tertiary/aromatic N) is 2. The van der Waals surface area contributed by atoms with Crippen LogP contribution in [0.1, 0.15) is 16.9 Å². The molecule has 0 atom stereocenters. The molecule has 0 spiro atoms. The molecule has 1 heterocycles. The number of hydrogen-bond acceptors (Lipinski definition) is 4. The van der Waals surface area contributed by atoms with Crippen molar-refractivity contribution in [2.24, 2.45) is 0 Å². The van der Waals surface area contributed by atoms with Crippen LogP contribution < -0.4 is 10.7 Å². The molecule has 0 aliphatic heterocycles. The van der Waals surface area contributed by atoms with E-state index >= 15 is 0 Å². The summed E-state index contributed by atoms with van der Waals surface area (Å²) in [7, 11) is 3.94. The summed E-state index contributed by atoms with van der Waals surface area (Å²) >= 11 is 0. The van der Waals surface area contributed by atoms with Crippen molar-refractivity contribution in [3.63, 3.8) is 0 Å². The number of carbonyl (C=O) groups excluding carboxylic acids is 1. The Labute approximate surface area is 116 Å². The lowest BCUT2D eigenvalue weighted by atomic mass is 10.2. The Morgan fingerprint density at radius 1 is 1.35 bits per heavy atom. The Morgan fingerprint density at radius 2 is 2.10 bits per heavy atom. The van der Waals surface area contributed by atoms with Gasteiger partial charge in [-0.3, -0.25) is 14.7 Å². The molecular weight excluding hydrogens is 256 g/mol. The zero-order chi connectivity index (χ0) is 14.5. The number of amides is 1. The van der Waals surface area contributed by atoms with Crippen LogP contribution >= 0.6 is 0 Å². The molecule has 0 aliphatic carbocycles. The molecule has 20 heavy (non-hydrogen) atoms. The van der Waals surface area contributed by atoms with Crippen molar-refractivity contribution in [3.05, 3.63) is 40.2 Å². The van der Waals surface area contributed by atoms with E-state index in [0.717, 1.165) is 13.0 Å². The number of hydrogen-bond donors (Lipinski definition) is 2. The van der Waals surface area contributed by atoms with E-state index in [1.807, 2.05) is 19.0 Å². The van der Waals surface area contributed by atoms with E-state index < -0.39 is 5.91 Å². The summed E-state index contributed by atoms with van der Waals surface area (Å²) in [6.45, 7) is 1.40. The van der Waals surface area contributed by atoms with Gasteiger partial charge >= 0.3 is 0 Å².